The minimum Gasteiger partial charge on any atom is -0.495 e. The van der Waals surface area contributed by atoms with Gasteiger partial charge >= 0.3 is 0 Å². The zero-order chi connectivity index (χ0) is 18.8. The minimum absolute atomic E-state index is 0.0893. The predicted molar refractivity (Wildman–Crippen MR) is 109 cm³/mol. The second kappa shape index (κ2) is 7.25. The molecule has 0 spiro atoms. The molecule has 136 valence electrons. The van der Waals surface area contributed by atoms with E-state index in [1.807, 2.05) is 71.4 Å². The van der Waals surface area contributed by atoms with E-state index in [0.717, 1.165) is 27.5 Å². The number of rotatable bonds is 5. The molecule has 0 aliphatic carbocycles. The molecule has 0 saturated carbocycles. The Kier molecular flexibility index (Phi) is 4.64. The van der Waals surface area contributed by atoms with Gasteiger partial charge in [-0.15, -0.1) is 11.3 Å². The topological polar surface area (TPSA) is 55.6 Å². The molecular formula is C21H19N3O2S. The van der Waals surface area contributed by atoms with Crippen molar-refractivity contribution in [2.45, 2.75) is 13.3 Å². The van der Waals surface area contributed by atoms with Gasteiger partial charge in [0.15, 0.2) is 4.96 Å². The van der Waals surface area contributed by atoms with E-state index in [1.165, 1.54) is 11.3 Å². The zero-order valence-electron chi connectivity index (χ0n) is 15.1. The van der Waals surface area contributed by atoms with Crippen molar-refractivity contribution in [3.05, 3.63) is 71.4 Å². The van der Waals surface area contributed by atoms with Crippen LogP contribution in [0.5, 0.6) is 5.75 Å². The maximum absolute atomic E-state index is 12.6. The van der Waals surface area contributed by atoms with Crippen LogP contribution in [-0.4, -0.2) is 22.4 Å². The number of aryl methyl sites for hydroxylation is 1. The van der Waals surface area contributed by atoms with Gasteiger partial charge in [-0.3, -0.25) is 9.20 Å². The fourth-order valence-corrected chi connectivity index (χ4v) is 3.86. The molecule has 1 N–H and O–H groups in total. The summed E-state index contributed by atoms with van der Waals surface area (Å²) in [5, 5.41) is 4.93. The Morgan fingerprint density at radius 1 is 1.22 bits per heavy atom. The Bertz CT molecular complexity index is 1100. The Morgan fingerprint density at radius 3 is 2.81 bits per heavy atom. The average Bonchev–Trinajstić information content (AvgIpc) is 3.25. The van der Waals surface area contributed by atoms with E-state index in [-0.39, 0.29) is 12.3 Å². The van der Waals surface area contributed by atoms with Gasteiger partial charge < -0.3 is 10.1 Å². The number of carbonyl (C=O) groups is 1. The van der Waals surface area contributed by atoms with Crippen molar-refractivity contribution in [2.24, 2.45) is 0 Å². The predicted octanol–water partition coefficient (Wildman–Crippen LogP) is 4.56. The van der Waals surface area contributed by atoms with Crippen molar-refractivity contribution in [3.63, 3.8) is 0 Å². The molecule has 0 unspecified atom stereocenters. The summed E-state index contributed by atoms with van der Waals surface area (Å²) >= 11 is 1.53. The molecule has 0 saturated heterocycles. The fourth-order valence-electron chi connectivity index (χ4n) is 2.98. The van der Waals surface area contributed by atoms with Crippen molar-refractivity contribution < 1.29 is 9.53 Å². The Labute approximate surface area is 161 Å². The van der Waals surface area contributed by atoms with Crippen molar-refractivity contribution in [1.29, 1.82) is 0 Å². The van der Waals surface area contributed by atoms with E-state index >= 15 is 0 Å². The van der Waals surface area contributed by atoms with Crippen LogP contribution in [0.3, 0.4) is 0 Å². The van der Waals surface area contributed by atoms with E-state index in [2.05, 4.69) is 10.3 Å². The highest BCUT2D eigenvalue weighted by molar-refractivity contribution is 7.15. The first kappa shape index (κ1) is 17.3. The number of carbonyl (C=O) groups excluding carboxylic acids is 1. The van der Waals surface area contributed by atoms with Crippen molar-refractivity contribution in [2.75, 3.05) is 12.4 Å². The van der Waals surface area contributed by atoms with Crippen LogP contribution in [0.1, 0.15) is 11.3 Å². The summed E-state index contributed by atoms with van der Waals surface area (Å²) in [6.45, 7) is 1.98. The molecule has 6 heteroatoms. The lowest BCUT2D eigenvalue weighted by Crippen LogP contribution is -2.16. The summed E-state index contributed by atoms with van der Waals surface area (Å²) in [5.41, 5.74) is 4.63. The van der Waals surface area contributed by atoms with E-state index in [9.17, 15) is 4.79 Å². The van der Waals surface area contributed by atoms with Gasteiger partial charge in [0.2, 0.25) is 5.91 Å². The number of aromatic nitrogens is 2. The molecule has 0 fully saturated rings. The normalized spacial score (nSPS) is 10.9. The van der Waals surface area contributed by atoms with Crippen LogP contribution in [0.4, 0.5) is 5.69 Å². The molecule has 0 atom stereocenters. The number of nitrogens with one attached hydrogen (secondary N) is 1. The summed E-state index contributed by atoms with van der Waals surface area (Å²) in [4.78, 5) is 18.1. The maximum atomic E-state index is 12.6. The van der Waals surface area contributed by atoms with Crippen LogP contribution < -0.4 is 10.1 Å². The zero-order valence-corrected chi connectivity index (χ0v) is 15.9. The largest absolute Gasteiger partial charge is 0.495 e. The number of fused-ring (bicyclic) bond motifs is 1. The van der Waals surface area contributed by atoms with Crippen LogP contribution >= 0.6 is 11.3 Å². The van der Waals surface area contributed by atoms with E-state index in [1.54, 1.807) is 7.11 Å². The van der Waals surface area contributed by atoms with Crippen LogP contribution in [0, 0.1) is 6.92 Å². The number of imidazole rings is 1. The van der Waals surface area contributed by atoms with Crippen molar-refractivity contribution in [3.8, 4) is 17.0 Å². The molecule has 0 radical (unpaired) electrons. The van der Waals surface area contributed by atoms with Crippen LogP contribution in [0.25, 0.3) is 16.2 Å². The van der Waals surface area contributed by atoms with Crippen LogP contribution in [-0.2, 0) is 11.2 Å². The number of hydrogen-bond acceptors (Lipinski definition) is 4. The maximum Gasteiger partial charge on any atom is 0.230 e. The molecule has 0 aliphatic rings. The van der Waals surface area contributed by atoms with Gasteiger partial charge in [0.05, 0.1) is 24.9 Å². The fraction of sp³-hybridized carbons (Fsp3) is 0.143. The van der Waals surface area contributed by atoms with E-state index in [0.29, 0.717) is 11.4 Å². The quantitative estimate of drug-likeness (QED) is 0.555. The van der Waals surface area contributed by atoms with E-state index < -0.39 is 0 Å². The molecule has 1 amide bonds. The number of methoxy groups -OCH3 is 1. The number of amides is 1. The first-order valence-corrected chi connectivity index (χ1v) is 9.47. The number of hydrogen-bond donors (Lipinski definition) is 1. The molecule has 2 heterocycles. The highest BCUT2D eigenvalue weighted by atomic mass is 32.1. The number of nitrogens with zero attached hydrogens (tertiary/aromatic N) is 2. The summed E-state index contributed by atoms with van der Waals surface area (Å²) < 4.78 is 7.32. The van der Waals surface area contributed by atoms with Gasteiger partial charge in [0.25, 0.3) is 0 Å². The molecule has 5 nitrogen and oxygen atoms in total. The van der Waals surface area contributed by atoms with Crippen LogP contribution in [0.2, 0.25) is 0 Å². The van der Waals surface area contributed by atoms with Gasteiger partial charge in [0.1, 0.15) is 5.75 Å². The number of benzene rings is 2. The average molecular weight is 377 g/mol. The molecule has 4 rings (SSSR count). The van der Waals surface area contributed by atoms with Gasteiger partial charge in [-0.1, -0.05) is 36.4 Å². The number of thiazole rings is 1. The Morgan fingerprint density at radius 2 is 2.04 bits per heavy atom. The molecule has 0 bridgehead atoms. The van der Waals surface area contributed by atoms with E-state index in [4.69, 9.17) is 4.74 Å². The highest BCUT2D eigenvalue weighted by Gasteiger charge is 2.14. The SMILES string of the molecule is COc1ccc(C)cc1NC(=O)Cc1csc2nc(-c3ccccc3)cn12. The summed E-state index contributed by atoms with van der Waals surface area (Å²) in [5.74, 6) is 0.562. The Balaban J connectivity index is 1.56. The molecule has 2 aromatic heterocycles. The second-order valence-corrected chi connectivity index (χ2v) is 7.14. The van der Waals surface area contributed by atoms with Crippen molar-refractivity contribution >= 4 is 27.9 Å². The molecule has 2 aromatic carbocycles. The second-order valence-electron chi connectivity index (χ2n) is 6.30. The van der Waals surface area contributed by atoms with Gasteiger partial charge in [-0.05, 0) is 24.6 Å². The molecule has 0 aliphatic heterocycles. The number of ether oxygens (including phenoxy) is 1. The van der Waals surface area contributed by atoms with Crippen LogP contribution in [0.15, 0.2) is 60.1 Å². The highest BCUT2D eigenvalue weighted by Crippen LogP contribution is 2.26. The molecular weight excluding hydrogens is 358 g/mol. The first-order chi connectivity index (χ1) is 13.1. The number of anilines is 1. The lowest BCUT2D eigenvalue weighted by molar-refractivity contribution is -0.115. The molecule has 27 heavy (non-hydrogen) atoms. The lowest BCUT2D eigenvalue weighted by atomic mass is 10.2. The van der Waals surface area contributed by atoms with Gasteiger partial charge in [-0.25, -0.2) is 4.98 Å². The third-order valence-electron chi connectivity index (χ3n) is 4.32. The summed E-state index contributed by atoms with van der Waals surface area (Å²) in [6, 6.07) is 15.7. The third-order valence-corrected chi connectivity index (χ3v) is 5.21. The lowest BCUT2D eigenvalue weighted by Gasteiger charge is -2.10. The first-order valence-electron chi connectivity index (χ1n) is 8.59. The van der Waals surface area contributed by atoms with Crippen molar-refractivity contribution in [1.82, 2.24) is 9.38 Å². The standard InChI is InChI=1S/C21H19N3O2S/c1-14-8-9-19(26-2)17(10-14)22-20(25)11-16-13-27-21-23-18(12-24(16)21)15-6-4-3-5-7-15/h3-10,12-13H,11H2,1-2H3,(H,22,25). The van der Waals surface area contributed by atoms with Gasteiger partial charge in [-0.2, -0.15) is 0 Å². The third kappa shape index (κ3) is 3.57. The Hall–Kier alpha value is -3.12. The minimum atomic E-state index is -0.0893. The summed E-state index contributed by atoms with van der Waals surface area (Å²) in [7, 11) is 1.60. The summed E-state index contributed by atoms with van der Waals surface area (Å²) in [6.07, 6.45) is 2.25. The molecule has 4 aromatic rings. The monoisotopic (exact) mass is 377 g/mol. The smallest absolute Gasteiger partial charge is 0.230 e. The van der Waals surface area contributed by atoms with Gasteiger partial charge in [0, 0.05) is 22.8 Å².